The molecule has 106 valence electrons. The molecule has 0 radical (unpaired) electrons. The predicted molar refractivity (Wildman–Crippen MR) is 69.4 cm³/mol. The van der Waals surface area contributed by atoms with Crippen LogP contribution in [-0.2, 0) is 23.8 Å². The van der Waals surface area contributed by atoms with Crippen molar-refractivity contribution in [1.29, 1.82) is 0 Å². The summed E-state index contributed by atoms with van der Waals surface area (Å²) in [6, 6.07) is 0. The number of carbonyl (C=O) groups excluding carboxylic acids is 2. The van der Waals surface area contributed by atoms with Gasteiger partial charge in [0.1, 0.15) is 13.2 Å². The Bertz CT molecular complexity index is 349. The van der Waals surface area contributed by atoms with Crippen LogP contribution >= 0.6 is 0 Å². The fourth-order valence-corrected chi connectivity index (χ4v) is 1.61. The summed E-state index contributed by atoms with van der Waals surface area (Å²) in [6.07, 6.45) is 1.27. The highest BCUT2D eigenvalue weighted by molar-refractivity contribution is 5.87. The van der Waals surface area contributed by atoms with Gasteiger partial charge in [-0.1, -0.05) is 13.2 Å². The van der Waals surface area contributed by atoms with Gasteiger partial charge >= 0.3 is 11.9 Å². The van der Waals surface area contributed by atoms with Crippen molar-refractivity contribution in [3.05, 3.63) is 24.3 Å². The normalized spacial score (nSPS) is 21.8. The zero-order valence-corrected chi connectivity index (χ0v) is 11.4. The third-order valence-corrected chi connectivity index (χ3v) is 2.69. The molecule has 0 amide bonds. The molecule has 1 rings (SSSR count). The summed E-state index contributed by atoms with van der Waals surface area (Å²) in [7, 11) is 0. The van der Waals surface area contributed by atoms with E-state index >= 15 is 0 Å². The van der Waals surface area contributed by atoms with E-state index in [2.05, 4.69) is 13.2 Å². The largest absolute Gasteiger partial charge is 0.460 e. The number of esters is 2. The van der Waals surface area contributed by atoms with Crippen molar-refractivity contribution in [2.45, 2.75) is 38.9 Å². The molecule has 1 aliphatic heterocycles. The number of hydrogen-bond donors (Lipinski definition) is 0. The Morgan fingerprint density at radius 2 is 1.37 bits per heavy atom. The first-order chi connectivity index (χ1) is 8.90. The van der Waals surface area contributed by atoms with Gasteiger partial charge in [0.15, 0.2) is 0 Å². The Labute approximate surface area is 113 Å². The lowest BCUT2D eigenvalue weighted by atomic mass is 10.2. The van der Waals surface area contributed by atoms with Crippen LogP contribution in [0.25, 0.3) is 0 Å². The van der Waals surface area contributed by atoms with Gasteiger partial charge in [0.05, 0.1) is 12.2 Å². The minimum Gasteiger partial charge on any atom is -0.460 e. The topological polar surface area (TPSA) is 61.8 Å². The summed E-state index contributed by atoms with van der Waals surface area (Å²) >= 11 is 0. The number of rotatable bonds is 6. The summed E-state index contributed by atoms with van der Waals surface area (Å²) in [4.78, 5) is 22.4. The molecule has 5 heteroatoms. The van der Waals surface area contributed by atoms with Crippen LogP contribution < -0.4 is 0 Å². The maximum atomic E-state index is 11.2. The third kappa shape index (κ3) is 5.26. The van der Waals surface area contributed by atoms with Crippen LogP contribution in [-0.4, -0.2) is 37.4 Å². The molecule has 0 aromatic heterocycles. The van der Waals surface area contributed by atoms with Crippen LogP contribution in [0.4, 0.5) is 0 Å². The van der Waals surface area contributed by atoms with Crippen molar-refractivity contribution in [2.24, 2.45) is 0 Å². The van der Waals surface area contributed by atoms with E-state index in [1.54, 1.807) is 13.8 Å². The van der Waals surface area contributed by atoms with Gasteiger partial charge in [-0.2, -0.15) is 0 Å². The SMILES string of the molecule is C=C(C)C(=O)OCC1CCC(COC(=O)C(=C)C)O1. The molecule has 0 bridgehead atoms. The molecule has 0 aromatic carbocycles. The van der Waals surface area contributed by atoms with Crippen LogP contribution in [0, 0.1) is 0 Å². The second kappa shape index (κ2) is 7.09. The molecule has 1 fully saturated rings. The molecule has 0 aliphatic carbocycles. The molecule has 0 aromatic rings. The zero-order valence-electron chi connectivity index (χ0n) is 11.4. The molecular formula is C14H20O5. The molecule has 0 saturated carbocycles. The Kier molecular flexibility index (Phi) is 5.76. The molecule has 1 heterocycles. The van der Waals surface area contributed by atoms with Gasteiger partial charge in [-0.15, -0.1) is 0 Å². The van der Waals surface area contributed by atoms with Gasteiger partial charge in [0.25, 0.3) is 0 Å². The summed E-state index contributed by atoms with van der Waals surface area (Å²) in [6.45, 7) is 10.6. The molecule has 2 unspecified atom stereocenters. The summed E-state index contributed by atoms with van der Waals surface area (Å²) in [5.41, 5.74) is 0.731. The summed E-state index contributed by atoms with van der Waals surface area (Å²) in [5, 5.41) is 0. The van der Waals surface area contributed by atoms with Gasteiger partial charge in [-0.25, -0.2) is 9.59 Å². The first-order valence-corrected chi connectivity index (χ1v) is 6.21. The van der Waals surface area contributed by atoms with Crippen molar-refractivity contribution in [3.63, 3.8) is 0 Å². The van der Waals surface area contributed by atoms with Crippen molar-refractivity contribution in [1.82, 2.24) is 0 Å². The van der Waals surface area contributed by atoms with Crippen molar-refractivity contribution >= 4 is 11.9 Å². The Morgan fingerprint density at radius 3 is 1.68 bits per heavy atom. The quantitative estimate of drug-likeness (QED) is 0.542. The highest BCUT2D eigenvalue weighted by atomic mass is 16.6. The molecule has 19 heavy (non-hydrogen) atoms. The van der Waals surface area contributed by atoms with Crippen LogP contribution in [0.3, 0.4) is 0 Å². The van der Waals surface area contributed by atoms with E-state index in [0.717, 1.165) is 12.8 Å². The van der Waals surface area contributed by atoms with E-state index in [4.69, 9.17) is 14.2 Å². The van der Waals surface area contributed by atoms with Crippen LogP contribution in [0.1, 0.15) is 26.7 Å². The van der Waals surface area contributed by atoms with E-state index < -0.39 is 11.9 Å². The molecule has 0 spiro atoms. The minimum atomic E-state index is -0.416. The lowest BCUT2D eigenvalue weighted by Crippen LogP contribution is -2.23. The first-order valence-electron chi connectivity index (χ1n) is 6.21. The molecule has 5 nitrogen and oxygen atoms in total. The lowest BCUT2D eigenvalue weighted by molar-refractivity contribution is -0.146. The average Bonchev–Trinajstić information content (AvgIpc) is 2.80. The zero-order chi connectivity index (χ0) is 14.4. The van der Waals surface area contributed by atoms with Gasteiger partial charge in [-0.05, 0) is 26.7 Å². The van der Waals surface area contributed by atoms with Crippen LogP contribution in [0.15, 0.2) is 24.3 Å². The van der Waals surface area contributed by atoms with Gasteiger partial charge in [-0.3, -0.25) is 0 Å². The number of carbonyl (C=O) groups is 2. The molecule has 2 atom stereocenters. The van der Waals surface area contributed by atoms with Crippen molar-refractivity contribution in [3.8, 4) is 0 Å². The summed E-state index contributed by atoms with van der Waals surface area (Å²) in [5.74, 6) is -0.832. The monoisotopic (exact) mass is 268 g/mol. The second-order valence-electron chi connectivity index (χ2n) is 4.72. The van der Waals surface area contributed by atoms with Gasteiger partial charge in [0.2, 0.25) is 0 Å². The smallest absolute Gasteiger partial charge is 0.333 e. The minimum absolute atomic E-state index is 0.142. The maximum absolute atomic E-state index is 11.2. The molecular weight excluding hydrogens is 248 g/mol. The van der Waals surface area contributed by atoms with E-state index in [-0.39, 0.29) is 25.4 Å². The van der Waals surface area contributed by atoms with Crippen LogP contribution in [0.5, 0.6) is 0 Å². The second-order valence-corrected chi connectivity index (χ2v) is 4.72. The first kappa shape index (κ1) is 15.4. The Balaban J connectivity index is 2.23. The van der Waals surface area contributed by atoms with Crippen LogP contribution in [0.2, 0.25) is 0 Å². The molecule has 0 N–H and O–H groups in total. The van der Waals surface area contributed by atoms with E-state index in [1.165, 1.54) is 0 Å². The van der Waals surface area contributed by atoms with E-state index in [0.29, 0.717) is 11.1 Å². The standard InChI is InChI=1S/C14H20O5/c1-9(2)13(15)17-7-11-5-6-12(19-11)8-18-14(16)10(3)4/h11-12H,1,3,5-8H2,2,4H3. The van der Waals surface area contributed by atoms with Gasteiger partial charge < -0.3 is 14.2 Å². The average molecular weight is 268 g/mol. The lowest BCUT2D eigenvalue weighted by Gasteiger charge is -2.14. The maximum Gasteiger partial charge on any atom is 0.333 e. The summed E-state index contributed by atoms with van der Waals surface area (Å²) < 4.78 is 15.6. The highest BCUT2D eigenvalue weighted by Gasteiger charge is 2.27. The fourth-order valence-electron chi connectivity index (χ4n) is 1.61. The molecule has 1 aliphatic rings. The Hall–Kier alpha value is -1.62. The van der Waals surface area contributed by atoms with Crippen molar-refractivity contribution in [2.75, 3.05) is 13.2 Å². The highest BCUT2D eigenvalue weighted by Crippen LogP contribution is 2.20. The van der Waals surface area contributed by atoms with Crippen molar-refractivity contribution < 1.29 is 23.8 Å². The third-order valence-electron chi connectivity index (χ3n) is 2.69. The van der Waals surface area contributed by atoms with Gasteiger partial charge in [0, 0.05) is 11.1 Å². The number of hydrogen-bond acceptors (Lipinski definition) is 5. The predicted octanol–water partition coefficient (Wildman–Crippen LogP) is 1.77. The molecule has 1 saturated heterocycles. The van der Waals surface area contributed by atoms with E-state index in [1.807, 2.05) is 0 Å². The fraction of sp³-hybridized carbons (Fsp3) is 0.571. The van der Waals surface area contributed by atoms with E-state index in [9.17, 15) is 9.59 Å². The number of ether oxygens (including phenoxy) is 3. The Morgan fingerprint density at radius 1 is 1.00 bits per heavy atom.